The van der Waals surface area contributed by atoms with Gasteiger partial charge in [-0.15, -0.1) is 0 Å². The Kier molecular flexibility index (Phi) is 8.20. The molecule has 1 aliphatic carbocycles. The van der Waals surface area contributed by atoms with E-state index in [9.17, 15) is 28.8 Å². The van der Waals surface area contributed by atoms with Gasteiger partial charge in [-0.25, -0.2) is 0 Å². The third-order valence-electron chi connectivity index (χ3n) is 5.13. The molecule has 0 aromatic rings. The zero-order chi connectivity index (χ0) is 21.5. The van der Waals surface area contributed by atoms with Crippen molar-refractivity contribution >= 4 is 35.1 Å². The first-order chi connectivity index (χ1) is 13.1. The molecule has 0 aromatic carbocycles. The number of hydrogen-bond acceptors (Lipinski definition) is 8. The van der Waals surface area contributed by atoms with E-state index in [1.54, 1.807) is 13.8 Å². The minimum Gasteiger partial charge on any atom is -0.465 e. The summed E-state index contributed by atoms with van der Waals surface area (Å²) in [4.78, 5) is 74.2. The Hall–Kier alpha value is -2.38. The lowest BCUT2D eigenvalue weighted by molar-refractivity contribution is -0.177. The molecule has 156 valence electrons. The normalized spacial score (nSPS) is 24.6. The molecular weight excluding hydrogens is 368 g/mol. The van der Waals surface area contributed by atoms with Crippen LogP contribution in [-0.4, -0.2) is 48.3 Å². The molecule has 0 aliphatic heterocycles. The molecule has 0 spiro atoms. The number of Topliss-reactive ketones (excluding diaryl/α,β-unsaturated/α-hetero) is 4. The first-order valence-electron chi connectivity index (χ1n) is 9.45. The topological polar surface area (TPSA) is 121 Å². The first-order valence-corrected chi connectivity index (χ1v) is 9.45. The Morgan fingerprint density at radius 2 is 1.07 bits per heavy atom. The Morgan fingerprint density at radius 1 is 0.750 bits per heavy atom. The number of carbonyl (C=O) groups is 6. The highest BCUT2D eigenvalue weighted by molar-refractivity contribution is 6.18. The number of carbonyl (C=O) groups excluding carboxylic acids is 6. The SMILES string of the molecule is CCOC(=O)C1(CCC(C)=O)CC(=O)C(CCC(C)=O)(C(=O)OCC)CC1=O. The highest BCUT2D eigenvalue weighted by Crippen LogP contribution is 2.47. The van der Waals surface area contributed by atoms with Crippen LogP contribution in [0.3, 0.4) is 0 Å². The fraction of sp³-hybridized carbons (Fsp3) is 0.700. The molecule has 1 rings (SSSR count). The van der Waals surface area contributed by atoms with E-state index in [0.29, 0.717) is 0 Å². The third kappa shape index (κ3) is 4.91. The van der Waals surface area contributed by atoms with Gasteiger partial charge >= 0.3 is 11.9 Å². The molecule has 0 aromatic heterocycles. The molecule has 8 heteroatoms. The van der Waals surface area contributed by atoms with Crippen LogP contribution in [0.25, 0.3) is 0 Å². The van der Waals surface area contributed by atoms with Crippen LogP contribution in [0.2, 0.25) is 0 Å². The predicted molar refractivity (Wildman–Crippen MR) is 97.2 cm³/mol. The summed E-state index contributed by atoms with van der Waals surface area (Å²) in [5, 5.41) is 0. The molecule has 1 fully saturated rings. The van der Waals surface area contributed by atoms with Gasteiger partial charge in [-0.3, -0.25) is 19.2 Å². The van der Waals surface area contributed by atoms with Gasteiger partial charge in [-0.2, -0.15) is 0 Å². The van der Waals surface area contributed by atoms with Crippen molar-refractivity contribution in [3.05, 3.63) is 0 Å². The maximum atomic E-state index is 13.1. The molecule has 0 N–H and O–H groups in total. The third-order valence-corrected chi connectivity index (χ3v) is 5.13. The summed E-state index contributed by atoms with van der Waals surface area (Å²) in [5.41, 5.74) is -3.57. The second-order valence-electron chi connectivity index (χ2n) is 7.21. The summed E-state index contributed by atoms with van der Waals surface area (Å²) in [7, 11) is 0. The maximum absolute atomic E-state index is 13.1. The lowest BCUT2D eigenvalue weighted by atomic mass is 9.59. The van der Waals surface area contributed by atoms with Crippen LogP contribution < -0.4 is 0 Å². The van der Waals surface area contributed by atoms with Crippen molar-refractivity contribution in [2.45, 2.75) is 66.2 Å². The Labute approximate surface area is 164 Å². The molecule has 0 heterocycles. The Balaban J connectivity index is 3.34. The number of ether oxygens (including phenoxy) is 2. The average Bonchev–Trinajstić information content (AvgIpc) is 2.61. The van der Waals surface area contributed by atoms with Gasteiger partial charge in [-0.05, 0) is 40.5 Å². The molecule has 28 heavy (non-hydrogen) atoms. The summed E-state index contributed by atoms with van der Waals surface area (Å²) < 4.78 is 10.0. The van der Waals surface area contributed by atoms with Crippen LogP contribution in [0, 0.1) is 10.8 Å². The van der Waals surface area contributed by atoms with Gasteiger partial charge in [0.25, 0.3) is 0 Å². The van der Waals surface area contributed by atoms with Crippen molar-refractivity contribution in [2.75, 3.05) is 13.2 Å². The van der Waals surface area contributed by atoms with E-state index in [0.717, 1.165) is 0 Å². The minimum absolute atomic E-state index is 0.00941. The fourth-order valence-electron chi connectivity index (χ4n) is 3.43. The molecule has 2 atom stereocenters. The first kappa shape index (κ1) is 23.7. The second kappa shape index (κ2) is 9.71. The van der Waals surface area contributed by atoms with Gasteiger partial charge in [0.05, 0.1) is 13.2 Å². The summed E-state index contributed by atoms with van der Waals surface area (Å²) in [6.45, 7) is 5.81. The molecule has 0 radical (unpaired) electrons. The number of ketones is 4. The lowest BCUT2D eigenvalue weighted by Gasteiger charge is -2.41. The zero-order valence-corrected chi connectivity index (χ0v) is 16.9. The van der Waals surface area contributed by atoms with E-state index in [1.807, 2.05) is 0 Å². The van der Waals surface area contributed by atoms with E-state index < -0.39 is 47.2 Å². The number of esters is 2. The van der Waals surface area contributed by atoms with Gasteiger partial charge in [0.15, 0.2) is 11.6 Å². The van der Waals surface area contributed by atoms with Gasteiger partial charge in [0, 0.05) is 25.7 Å². The summed E-state index contributed by atoms with van der Waals surface area (Å²) >= 11 is 0. The van der Waals surface area contributed by atoms with Crippen molar-refractivity contribution in [3.8, 4) is 0 Å². The molecule has 1 saturated carbocycles. The molecule has 0 saturated heterocycles. The van der Waals surface area contributed by atoms with Crippen molar-refractivity contribution in [1.29, 1.82) is 0 Å². The van der Waals surface area contributed by atoms with Crippen LogP contribution >= 0.6 is 0 Å². The molecule has 8 nitrogen and oxygen atoms in total. The van der Waals surface area contributed by atoms with Crippen LogP contribution in [-0.2, 0) is 38.2 Å². The Bertz CT molecular complexity index is 622. The average molecular weight is 396 g/mol. The number of rotatable bonds is 10. The molecule has 1 aliphatic rings. The van der Waals surface area contributed by atoms with E-state index >= 15 is 0 Å². The molecule has 0 bridgehead atoms. The summed E-state index contributed by atoms with van der Waals surface area (Å²) in [6, 6.07) is 0. The van der Waals surface area contributed by atoms with Crippen LogP contribution in [0.5, 0.6) is 0 Å². The van der Waals surface area contributed by atoms with Crippen molar-refractivity contribution < 1.29 is 38.2 Å². The van der Waals surface area contributed by atoms with E-state index in [1.165, 1.54) is 13.8 Å². The van der Waals surface area contributed by atoms with Crippen LogP contribution in [0.1, 0.15) is 66.2 Å². The summed E-state index contributed by atoms with van der Waals surface area (Å²) in [5.74, 6) is -3.46. The van der Waals surface area contributed by atoms with Crippen molar-refractivity contribution in [2.24, 2.45) is 10.8 Å². The smallest absolute Gasteiger partial charge is 0.320 e. The van der Waals surface area contributed by atoms with Gasteiger partial charge in [0.2, 0.25) is 0 Å². The molecule has 2 unspecified atom stereocenters. The van der Waals surface area contributed by atoms with Gasteiger partial charge < -0.3 is 19.1 Å². The van der Waals surface area contributed by atoms with Gasteiger partial charge in [-0.1, -0.05) is 0 Å². The monoisotopic (exact) mass is 396 g/mol. The largest absolute Gasteiger partial charge is 0.465 e. The second-order valence-corrected chi connectivity index (χ2v) is 7.21. The minimum atomic E-state index is -1.79. The lowest BCUT2D eigenvalue weighted by Crippen LogP contribution is -2.56. The van der Waals surface area contributed by atoms with Crippen molar-refractivity contribution in [3.63, 3.8) is 0 Å². The molecular formula is C20H28O8. The predicted octanol–water partition coefficient (Wildman–Crippen LogP) is 1.76. The van der Waals surface area contributed by atoms with E-state index in [4.69, 9.17) is 9.47 Å². The zero-order valence-electron chi connectivity index (χ0n) is 16.9. The van der Waals surface area contributed by atoms with E-state index in [-0.39, 0.29) is 50.5 Å². The highest BCUT2D eigenvalue weighted by Gasteiger charge is 2.61. The quantitative estimate of drug-likeness (QED) is 0.404. The van der Waals surface area contributed by atoms with E-state index in [2.05, 4.69) is 0 Å². The highest BCUT2D eigenvalue weighted by atomic mass is 16.5. The van der Waals surface area contributed by atoms with Crippen LogP contribution in [0.15, 0.2) is 0 Å². The Morgan fingerprint density at radius 3 is 1.32 bits per heavy atom. The molecule has 0 amide bonds. The number of hydrogen-bond donors (Lipinski definition) is 0. The van der Waals surface area contributed by atoms with Gasteiger partial charge in [0.1, 0.15) is 22.4 Å². The fourth-order valence-corrected chi connectivity index (χ4v) is 3.43. The maximum Gasteiger partial charge on any atom is 0.320 e. The standard InChI is InChI=1S/C20H28O8/c1-5-27-17(25)19(9-7-13(3)21)11-16(24)20(12-15(19)23,10-8-14(4)22)18(26)28-6-2/h5-12H2,1-4H3. The summed E-state index contributed by atoms with van der Waals surface area (Å²) in [6.07, 6.45) is -1.55. The van der Waals surface area contributed by atoms with Crippen LogP contribution in [0.4, 0.5) is 0 Å². The van der Waals surface area contributed by atoms with Crippen molar-refractivity contribution in [1.82, 2.24) is 0 Å².